The summed E-state index contributed by atoms with van der Waals surface area (Å²) in [5.41, 5.74) is 1.80. The molecular formula is C17H28N4O2. The summed E-state index contributed by atoms with van der Waals surface area (Å²) in [6.45, 7) is 11.6. The standard InChI is InChI=1S/C17H28N4O2/c1-13-6-8-20(18-13)10-15(3)23-12-17(4,5)16-7-9-21(19-16)14(2)11-22/h6-9,14-15,22H,10-12H2,1-5H3/t14-,15-/m0/s1. The molecule has 2 aromatic heterocycles. The molecule has 0 unspecified atom stereocenters. The molecule has 0 amide bonds. The molecule has 2 atom stereocenters. The average Bonchev–Trinajstić information content (AvgIpc) is 3.14. The van der Waals surface area contributed by atoms with Crippen molar-refractivity contribution in [2.45, 2.75) is 58.7 Å². The van der Waals surface area contributed by atoms with E-state index < -0.39 is 0 Å². The van der Waals surface area contributed by atoms with Crippen LogP contribution in [0.5, 0.6) is 0 Å². The SMILES string of the molecule is Cc1ccn(C[C@H](C)OCC(C)(C)c2ccn([C@@H](C)CO)n2)n1. The van der Waals surface area contributed by atoms with Crippen LogP contribution in [0.25, 0.3) is 0 Å². The highest BCUT2D eigenvalue weighted by atomic mass is 16.5. The van der Waals surface area contributed by atoms with Gasteiger partial charge in [0.25, 0.3) is 0 Å². The maximum atomic E-state index is 9.22. The third-order valence-corrected chi connectivity index (χ3v) is 3.96. The second-order valence-corrected chi connectivity index (χ2v) is 6.90. The van der Waals surface area contributed by atoms with Crippen molar-refractivity contribution < 1.29 is 9.84 Å². The fraction of sp³-hybridized carbons (Fsp3) is 0.647. The molecule has 0 fully saturated rings. The van der Waals surface area contributed by atoms with E-state index in [1.165, 1.54) is 0 Å². The Kier molecular flexibility index (Phi) is 5.59. The Morgan fingerprint density at radius 3 is 2.57 bits per heavy atom. The summed E-state index contributed by atoms with van der Waals surface area (Å²) in [4.78, 5) is 0. The minimum absolute atomic E-state index is 0.0116. The maximum Gasteiger partial charge on any atom is 0.0743 e. The molecule has 0 saturated carbocycles. The molecule has 128 valence electrons. The van der Waals surface area contributed by atoms with Crippen molar-refractivity contribution in [2.24, 2.45) is 0 Å². The predicted octanol–water partition coefficient (Wildman–Crippen LogP) is 2.32. The summed E-state index contributed by atoms with van der Waals surface area (Å²) in [6.07, 6.45) is 3.96. The number of aromatic nitrogens is 4. The molecule has 2 rings (SSSR count). The highest BCUT2D eigenvalue weighted by Crippen LogP contribution is 2.23. The fourth-order valence-corrected chi connectivity index (χ4v) is 2.33. The van der Waals surface area contributed by atoms with Crippen molar-refractivity contribution in [1.29, 1.82) is 0 Å². The van der Waals surface area contributed by atoms with Gasteiger partial charge in [0.15, 0.2) is 0 Å². The van der Waals surface area contributed by atoms with Gasteiger partial charge in [-0.1, -0.05) is 13.8 Å². The lowest BCUT2D eigenvalue weighted by atomic mass is 9.91. The molecule has 0 bridgehead atoms. The third-order valence-electron chi connectivity index (χ3n) is 3.96. The monoisotopic (exact) mass is 320 g/mol. The molecule has 0 aliphatic heterocycles. The second-order valence-electron chi connectivity index (χ2n) is 6.90. The molecule has 0 aromatic carbocycles. The normalized spacial score (nSPS) is 14.9. The van der Waals surface area contributed by atoms with Crippen LogP contribution in [0.1, 0.15) is 45.1 Å². The first-order valence-electron chi connectivity index (χ1n) is 8.10. The largest absolute Gasteiger partial charge is 0.394 e. The van der Waals surface area contributed by atoms with E-state index in [-0.39, 0.29) is 24.2 Å². The molecule has 6 heteroatoms. The Morgan fingerprint density at radius 1 is 1.22 bits per heavy atom. The Bertz CT molecular complexity index is 618. The van der Waals surface area contributed by atoms with Crippen molar-refractivity contribution in [3.05, 3.63) is 35.9 Å². The van der Waals surface area contributed by atoms with E-state index in [2.05, 4.69) is 31.0 Å². The first-order valence-corrected chi connectivity index (χ1v) is 8.10. The van der Waals surface area contributed by atoms with Gasteiger partial charge in [-0.05, 0) is 32.9 Å². The molecule has 0 aliphatic rings. The van der Waals surface area contributed by atoms with E-state index in [9.17, 15) is 5.11 Å². The van der Waals surface area contributed by atoms with Crippen LogP contribution in [-0.4, -0.2) is 44.0 Å². The van der Waals surface area contributed by atoms with Crippen LogP contribution >= 0.6 is 0 Å². The minimum Gasteiger partial charge on any atom is -0.394 e. The Labute approximate surface area is 138 Å². The van der Waals surface area contributed by atoms with Gasteiger partial charge in [0.1, 0.15) is 0 Å². The highest BCUT2D eigenvalue weighted by molar-refractivity contribution is 5.12. The number of nitrogens with zero attached hydrogens (tertiary/aromatic N) is 4. The van der Waals surface area contributed by atoms with Crippen molar-refractivity contribution in [2.75, 3.05) is 13.2 Å². The molecule has 0 aliphatic carbocycles. The number of ether oxygens (including phenoxy) is 1. The van der Waals surface area contributed by atoms with Crippen molar-refractivity contribution in [3.8, 4) is 0 Å². The molecule has 0 radical (unpaired) electrons. The van der Waals surface area contributed by atoms with Crippen LogP contribution in [0.2, 0.25) is 0 Å². The number of rotatable bonds is 8. The van der Waals surface area contributed by atoms with E-state index in [0.29, 0.717) is 6.61 Å². The number of hydrogen-bond donors (Lipinski definition) is 1. The Balaban J connectivity index is 1.91. The summed E-state index contributed by atoms with van der Waals surface area (Å²) in [6, 6.07) is 3.98. The molecule has 0 spiro atoms. The van der Waals surface area contributed by atoms with Crippen molar-refractivity contribution in [3.63, 3.8) is 0 Å². The summed E-state index contributed by atoms with van der Waals surface area (Å²) in [5.74, 6) is 0. The van der Waals surface area contributed by atoms with E-state index in [4.69, 9.17) is 4.74 Å². The first kappa shape index (κ1) is 17.7. The quantitative estimate of drug-likeness (QED) is 0.811. The van der Waals surface area contributed by atoms with Crippen molar-refractivity contribution >= 4 is 0 Å². The average molecular weight is 320 g/mol. The molecule has 6 nitrogen and oxygen atoms in total. The lowest BCUT2D eigenvalue weighted by Gasteiger charge is -2.25. The third kappa shape index (κ3) is 4.65. The lowest BCUT2D eigenvalue weighted by molar-refractivity contribution is 0.0237. The molecule has 0 saturated heterocycles. The van der Waals surface area contributed by atoms with Gasteiger partial charge in [-0.3, -0.25) is 9.36 Å². The number of aryl methyl sites for hydroxylation is 1. The molecular weight excluding hydrogens is 292 g/mol. The van der Waals surface area contributed by atoms with Gasteiger partial charge in [0.05, 0.1) is 43.3 Å². The fourth-order valence-electron chi connectivity index (χ4n) is 2.33. The van der Waals surface area contributed by atoms with Crippen molar-refractivity contribution in [1.82, 2.24) is 19.6 Å². The zero-order valence-corrected chi connectivity index (χ0v) is 14.7. The van der Waals surface area contributed by atoms with Gasteiger partial charge in [-0.2, -0.15) is 10.2 Å². The van der Waals surface area contributed by atoms with E-state index in [1.54, 1.807) is 4.68 Å². The number of aliphatic hydroxyl groups is 1. The first-order chi connectivity index (χ1) is 10.8. The van der Waals surface area contributed by atoms with E-state index >= 15 is 0 Å². The smallest absolute Gasteiger partial charge is 0.0743 e. The van der Waals surface area contributed by atoms with Crippen LogP contribution < -0.4 is 0 Å². The van der Waals surface area contributed by atoms with Crippen LogP contribution in [0.4, 0.5) is 0 Å². The summed E-state index contributed by atoms with van der Waals surface area (Å²) < 4.78 is 9.72. The molecule has 23 heavy (non-hydrogen) atoms. The van der Waals surface area contributed by atoms with Crippen LogP contribution in [0, 0.1) is 6.92 Å². The maximum absolute atomic E-state index is 9.22. The second kappa shape index (κ2) is 7.27. The molecule has 2 heterocycles. The van der Waals surface area contributed by atoms with Gasteiger partial charge in [0.2, 0.25) is 0 Å². The van der Waals surface area contributed by atoms with Gasteiger partial charge < -0.3 is 9.84 Å². The Hall–Kier alpha value is -1.66. The van der Waals surface area contributed by atoms with Crippen LogP contribution in [-0.2, 0) is 16.7 Å². The van der Waals surface area contributed by atoms with Gasteiger partial charge in [-0.25, -0.2) is 0 Å². The minimum atomic E-state index is -0.186. The Morgan fingerprint density at radius 2 is 1.96 bits per heavy atom. The lowest BCUT2D eigenvalue weighted by Crippen LogP contribution is -2.29. The summed E-state index contributed by atoms with van der Waals surface area (Å²) in [7, 11) is 0. The zero-order chi connectivity index (χ0) is 17.0. The highest BCUT2D eigenvalue weighted by Gasteiger charge is 2.25. The van der Waals surface area contributed by atoms with Crippen LogP contribution in [0.15, 0.2) is 24.5 Å². The zero-order valence-electron chi connectivity index (χ0n) is 14.7. The molecule has 1 N–H and O–H groups in total. The van der Waals surface area contributed by atoms with E-state index in [1.807, 2.05) is 43.1 Å². The topological polar surface area (TPSA) is 65.1 Å². The summed E-state index contributed by atoms with van der Waals surface area (Å²) in [5, 5.41) is 18.2. The number of hydrogen-bond acceptors (Lipinski definition) is 4. The number of aliphatic hydroxyl groups excluding tert-OH is 1. The van der Waals surface area contributed by atoms with Gasteiger partial charge >= 0.3 is 0 Å². The van der Waals surface area contributed by atoms with Gasteiger partial charge in [0, 0.05) is 17.8 Å². The van der Waals surface area contributed by atoms with E-state index in [0.717, 1.165) is 17.9 Å². The molecule has 2 aromatic rings. The predicted molar refractivity (Wildman–Crippen MR) is 89.4 cm³/mol. The van der Waals surface area contributed by atoms with Gasteiger partial charge in [-0.15, -0.1) is 0 Å². The van der Waals surface area contributed by atoms with Crippen LogP contribution in [0.3, 0.4) is 0 Å². The summed E-state index contributed by atoms with van der Waals surface area (Å²) >= 11 is 0.